The van der Waals surface area contributed by atoms with Gasteiger partial charge in [0.2, 0.25) is 5.89 Å². The van der Waals surface area contributed by atoms with E-state index >= 15 is 0 Å². The molecule has 0 radical (unpaired) electrons. The Morgan fingerprint density at radius 1 is 0.889 bits per heavy atom. The second kappa shape index (κ2) is 7.55. The molecule has 0 saturated carbocycles. The second-order valence-corrected chi connectivity index (χ2v) is 6.38. The Bertz CT molecular complexity index is 1030. The smallest absolute Gasteiger partial charge is 0.251 e. The highest BCUT2D eigenvalue weighted by atomic mass is 35.5. The van der Waals surface area contributed by atoms with Crippen molar-refractivity contribution in [3.63, 3.8) is 0 Å². The Hall–Kier alpha value is -3.25. The van der Waals surface area contributed by atoms with E-state index < -0.39 is 0 Å². The van der Waals surface area contributed by atoms with E-state index in [0.717, 1.165) is 16.8 Å². The highest BCUT2D eigenvalue weighted by Gasteiger charge is 2.16. The molecule has 1 aromatic carbocycles. The van der Waals surface area contributed by atoms with Crippen molar-refractivity contribution >= 4 is 17.4 Å². The maximum Gasteiger partial charge on any atom is 0.251 e. The van der Waals surface area contributed by atoms with Crippen molar-refractivity contribution in [2.24, 2.45) is 0 Å². The molecule has 3 aromatic heterocycles. The molecule has 0 amide bonds. The Morgan fingerprint density at radius 3 is 2.44 bits per heavy atom. The highest BCUT2D eigenvalue weighted by Crippen LogP contribution is 2.30. The van der Waals surface area contributed by atoms with Crippen LogP contribution in [0.3, 0.4) is 0 Å². The highest BCUT2D eigenvalue weighted by molar-refractivity contribution is 6.30. The first-order chi connectivity index (χ1) is 13.2. The molecule has 0 spiro atoms. The molecular formula is C20H16ClN5O. The summed E-state index contributed by atoms with van der Waals surface area (Å²) in [6.07, 6.45) is 3.48. The number of nitrogens with one attached hydrogen (secondary N) is 1. The van der Waals surface area contributed by atoms with Crippen LogP contribution in [0.15, 0.2) is 71.4 Å². The average Bonchev–Trinajstić information content (AvgIpc) is 3.19. The van der Waals surface area contributed by atoms with Gasteiger partial charge in [0.15, 0.2) is 0 Å². The number of hydrogen-bond acceptors (Lipinski definition) is 6. The summed E-state index contributed by atoms with van der Waals surface area (Å²) in [6.45, 7) is 2.02. The first-order valence-corrected chi connectivity index (χ1v) is 8.81. The fraction of sp³-hybridized carbons (Fsp3) is 0.100. The zero-order valence-electron chi connectivity index (χ0n) is 14.5. The minimum absolute atomic E-state index is 0.0292. The molecule has 0 aliphatic rings. The number of pyridine rings is 2. The maximum atomic E-state index is 5.93. The quantitative estimate of drug-likeness (QED) is 0.526. The number of nitrogens with zero attached hydrogens (tertiary/aromatic N) is 4. The van der Waals surface area contributed by atoms with E-state index in [1.807, 2.05) is 49.4 Å². The van der Waals surface area contributed by atoms with Gasteiger partial charge in [0.05, 0.1) is 17.3 Å². The number of aromatic nitrogens is 4. The average molecular weight is 378 g/mol. The summed E-state index contributed by atoms with van der Waals surface area (Å²) < 4.78 is 5.86. The van der Waals surface area contributed by atoms with Gasteiger partial charge >= 0.3 is 0 Å². The van der Waals surface area contributed by atoms with Crippen LogP contribution in [0.4, 0.5) is 5.82 Å². The van der Waals surface area contributed by atoms with Crippen LogP contribution in [-0.4, -0.2) is 20.2 Å². The molecule has 134 valence electrons. The lowest BCUT2D eigenvalue weighted by Gasteiger charge is -2.15. The third-order valence-electron chi connectivity index (χ3n) is 4.04. The minimum atomic E-state index is -0.0292. The number of anilines is 1. The van der Waals surface area contributed by atoms with Crippen molar-refractivity contribution in [1.29, 1.82) is 0 Å². The molecule has 0 aliphatic carbocycles. The number of benzene rings is 1. The summed E-state index contributed by atoms with van der Waals surface area (Å²) in [5, 5.41) is 12.3. The normalized spacial score (nSPS) is 11.9. The summed E-state index contributed by atoms with van der Waals surface area (Å²) in [4.78, 5) is 8.81. The Morgan fingerprint density at radius 2 is 1.67 bits per heavy atom. The van der Waals surface area contributed by atoms with Gasteiger partial charge in [-0.05, 0) is 55.5 Å². The van der Waals surface area contributed by atoms with E-state index in [1.54, 1.807) is 24.5 Å². The van der Waals surface area contributed by atoms with Gasteiger partial charge in [-0.15, -0.1) is 10.2 Å². The molecule has 27 heavy (non-hydrogen) atoms. The first kappa shape index (κ1) is 17.2. The predicted molar refractivity (Wildman–Crippen MR) is 104 cm³/mol. The molecule has 0 unspecified atom stereocenters. The molecule has 0 bridgehead atoms. The van der Waals surface area contributed by atoms with E-state index in [2.05, 4.69) is 25.5 Å². The van der Waals surface area contributed by atoms with Gasteiger partial charge in [-0.3, -0.25) is 4.98 Å². The molecule has 0 saturated heterocycles. The summed E-state index contributed by atoms with van der Waals surface area (Å²) in [6, 6.07) is 16.7. The number of rotatable bonds is 5. The van der Waals surface area contributed by atoms with Gasteiger partial charge in [0.25, 0.3) is 5.89 Å². The van der Waals surface area contributed by atoms with E-state index in [-0.39, 0.29) is 6.04 Å². The van der Waals surface area contributed by atoms with Crippen molar-refractivity contribution < 1.29 is 4.42 Å². The molecule has 1 N–H and O–H groups in total. The Balaban J connectivity index is 1.62. The molecular weight excluding hydrogens is 362 g/mol. The topological polar surface area (TPSA) is 76.7 Å². The lowest BCUT2D eigenvalue weighted by Crippen LogP contribution is -2.10. The summed E-state index contributed by atoms with van der Waals surface area (Å²) in [7, 11) is 0. The molecule has 1 atom stereocenters. The summed E-state index contributed by atoms with van der Waals surface area (Å²) >= 11 is 5.93. The minimum Gasteiger partial charge on any atom is -0.416 e. The van der Waals surface area contributed by atoms with Gasteiger partial charge in [0.1, 0.15) is 5.82 Å². The van der Waals surface area contributed by atoms with Crippen LogP contribution in [0, 0.1) is 0 Å². The summed E-state index contributed by atoms with van der Waals surface area (Å²) in [5.41, 5.74) is 2.45. The fourth-order valence-corrected chi connectivity index (χ4v) is 2.77. The van der Waals surface area contributed by atoms with Crippen molar-refractivity contribution in [3.05, 3.63) is 77.7 Å². The van der Waals surface area contributed by atoms with Gasteiger partial charge < -0.3 is 9.73 Å². The molecule has 4 aromatic rings. The van der Waals surface area contributed by atoms with Gasteiger partial charge in [-0.2, -0.15) is 0 Å². The first-order valence-electron chi connectivity index (χ1n) is 8.43. The summed E-state index contributed by atoms with van der Waals surface area (Å²) in [5.74, 6) is 1.47. The maximum absolute atomic E-state index is 5.93. The molecule has 3 heterocycles. The fourth-order valence-electron chi connectivity index (χ4n) is 2.65. The lowest BCUT2D eigenvalue weighted by atomic mass is 10.2. The van der Waals surface area contributed by atoms with Gasteiger partial charge in [-0.1, -0.05) is 17.7 Å². The standard InChI is InChI=1S/C20H16ClN5O/c1-13(17-6-2-3-11-22-17)24-18-16(5-4-12-23-18)20-26-25-19(27-20)14-7-9-15(21)10-8-14/h2-13H,1H3,(H,23,24)/t13-/m1/s1. The van der Waals surface area contributed by atoms with Gasteiger partial charge in [0, 0.05) is 23.0 Å². The largest absolute Gasteiger partial charge is 0.416 e. The van der Waals surface area contributed by atoms with Crippen molar-refractivity contribution in [2.75, 3.05) is 5.32 Å². The third-order valence-corrected chi connectivity index (χ3v) is 4.29. The van der Waals surface area contributed by atoms with Crippen LogP contribution in [0.2, 0.25) is 5.02 Å². The van der Waals surface area contributed by atoms with Crippen LogP contribution in [-0.2, 0) is 0 Å². The molecule has 6 nitrogen and oxygen atoms in total. The molecule has 4 rings (SSSR count). The van der Waals surface area contributed by atoms with E-state index in [9.17, 15) is 0 Å². The van der Waals surface area contributed by atoms with Crippen molar-refractivity contribution in [3.8, 4) is 22.9 Å². The second-order valence-electron chi connectivity index (χ2n) is 5.94. The van der Waals surface area contributed by atoms with Crippen LogP contribution in [0.1, 0.15) is 18.7 Å². The van der Waals surface area contributed by atoms with E-state index in [0.29, 0.717) is 22.6 Å². The van der Waals surface area contributed by atoms with Crippen molar-refractivity contribution in [2.45, 2.75) is 13.0 Å². The zero-order valence-corrected chi connectivity index (χ0v) is 15.3. The monoisotopic (exact) mass is 377 g/mol. The lowest BCUT2D eigenvalue weighted by molar-refractivity contribution is 0.584. The molecule has 7 heteroatoms. The SMILES string of the molecule is C[C@@H](Nc1ncccc1-c1nnc(-c2ccc(Cl)cc2)o1)c1ccccn1. The van der Waals surface area contributed by atoms with E-state index in [1.165, 1.54) is 0 Å². The molecule has 0 aliphatic heterocycles. The predicted octanol–water partition coefficient (Wildman–Crippen LogP) is 5.02. The van der Waals surface area contributed by atoms with Crippen molar-refractivity contribution in [1.82, 2.24) is 20.2 Å². The zero-order chi connectivity index (χ0) is 18.6. The Labute approximate surface area is 161 Å². The van der Waals surface area contributed by atoms with Crippen LogP contribution in [0.25, 0.3) is 22.9 Å². The Kier molecular flexibility index (Phi) is 4.80. The molecule has 0 fully saturated rings. The number of hydrogen-bond donors (Lipinski definition) is 1. The van der Waals surface area contributed by atoms with Gasteiger partial charge in [-0.25, -0.2) is 4.98 Å². The van der Waals surface area contributed by atoms with Crippen LogP contribution >= 0.6 is 11.6 Å². The number of halogens is 1. The van der Waals surface area contributed by atoms with E-state index in [4.69, 9.17) is 16.0 Å². The van der Waals surface area contributed by atoms with Crippen LogP contribution < -0.4 is 5.32 Å². The van der Waals surface area contributed by atoms with Crippen LogP contribution in [0.5, 0.6) is 0 Å². The third kappa shape index (κ3) is 3.80.